The van der Waals surface area contributed by atoms with Gasteiger partial charge < -0.3 is 5.32 Å². The summed E-state index contributed by atoms with van der Waals surface area (Å²) in [5.74, 6) is -0.314. The summed E-state index contributed by atoms with van der Waals surface area (Å²) in [6.07, 6.45) is 8.42. The molecule has 20 heavy (non-hydrogen) atoms. The topological polar surface area (TPSA) is 12.0 Å². The van der Waals surface area contributed by atoms with Crippen molar-refractivity contribution in [2.45, 2.75) is 57.9 Å². The second-order valence-electron chi connectivity index (χ2n) is 5.16. The normalized spacial score (nSPS) is 12.7. The van der Waals surface area contributed by atoms with Gasteiger partial charge in [-0.1, -0.05) is 63.1 Å². The molecule has 1 nitrogen and oxygen atoms in total. The summed E-state index contributed by atoms with van der Waals surface area (Å²) in [6, 6.07) is 3.65. The largest absolute Gasteiger partial charge is 0.313 e. The summed E-state index contributed by atoms with van der Waals surface area (Å²) >= 11 is 9.20. The zero-order valence-electron chi connectivity index (χ0n) is 12.3. The molecule has 0 amide bonds. The van der Waals surface area contributed by atoms with E-state index in [1.165, 1.54) is 32.1 Å². The van der Waals surface area contributed by atoms with E-state index < -0.39 is 0 Å². The van der Waals surface area contributed by atoms with Gasteiger partial charge in [0.1, 0.15) is 5.82 Å². The van der Waals surface area contributed by atoms with E-state index in [0.717, 1.165) is 12.8 Å². The van der Waals surface area contributed by atoms with E-state index in [1.807, 2.05) is 19.2 Å². The second-order valence-corrected chi connectivity index (χ2v) is 6.39. The molecule has 1 aromatic rings. The quantitative estimate of drug-likeness (QED) is 0.403. The number of halogens is 3. The molecule has 0 aromatic heterocycles. The van der Waals surface area contributed by atoms with Crippen molar-refractivity contribution in [3.8, 4) is 0 Å². The van der Waals surface area contributed by atoms with Crippen LogP contribution in [-0.2, 0) is 0 Å². The highest BCUT2D eigenvalue weighted by Crippen LogP contribution is 2.32. The minimum atomic E-state index is -0.314. The van der Waals surface area contributed by atoms with Crippen LogP contribution in [0.4, 0.5) is 4.39 Å². The third kappa shape index (κ3) is 5.34. The Morgan fingerprint density at radius 1 is 1.20 bits per heavy atom. The smallest absolute Gasteiger partial charge is 0.147 e. The number of benzene rings is 1. The van der Waals surface area contributed by atoms with Crippen molar-refractivity contribution >= 4 is 27.5 Å². The number of unbranched alkanes of at least 4 members (excludes halogenated alkanes) is 5. The molecule has 0 aliphatic heterocycles. The van der Waals surface area contributed by atoms with Crippen LogP contribution in [0.5, 0.6) is 0 Å². The average molecular weight is 365 g/mol. The van der Waals surface area contributed by atoms with Crippen molar-refractivity contribution < 1.29 is 4.39 Å². The molecule has 0 aliphatic carbocycles. The lowest BCUT2D eigenvalue weighted by atomic mass is 9.99. The minimum absolute atomic E-state index is 0.0341. The third-order valence-corrected chi connectivity index (χ3v) is 4.89. The Bertz CT molecular complexity index is 412. The van der Waals surface area contributed by atoms with E-state index in [2.05, 4.69) is 28.2 Å². The molecule has 0 saturated carbocycles. The summed E-state index contributed by atoms with van der Waals surface area (Å²) < 4.78 is 14.8. The maximum absolute atomic E-state index is 14.2. The number of hydrogen-bond acceptors (Lipinski definition) is 1. The maximum atomic E-state index is 14.2. The zero-order valence-corrected chi connectivity index (χ0v) is 14.7. The molecule has 1 aromatic carbocycles. The maximum Gasteiger partial charge on any atom is 0.147 e. The van der Waals surface area contributed by atoms with Gasteiger partial charge in [-0.15, -0.1) is 0 Å². The van der Waals surface area contributed by atoms with Gasteiger partial charge in [-0.3, -0.25) is 0 Å². The van der Waals surface area contributed by atoms with Crippen LogP contribution >= 0.6 is 27.5 Å². The van der Waals surface area contributed by atoms with E-state index in [0.29, 0.717) is 10.0 Å². The summed E-state index contributed by atoms with van der Waals surface area (Å²) in [4.78, 5) is 0. The Morgan fingerprint density at radius 2 is 1.85 bits per heavy atom. The third-order valence-electron chi connectivity index (χ3n) is 3.64. The molecule has 0 saturated heterocycles. The van der Waals surface area contributed by atoms with Crippen LogP contribution in [0.15, 0.2) is 16.6 Å². The molecular weight excluding hydrogens is 341 g/mol. The lowest BCUT2D eigenvalue weighted by Crippen LogP contribution is -2.17. The SMILES string of the molecule is CCCCCCCCC(NC)c1ccc(Br)c(Cl)c1F. The monoisotopic (exact) mass is 363 g/mol. The van der Waals surface area contributed by atoms with Gasteiger partial charge in [0.25, 0.3) is 0 Å². The van der Waals surface area contributed by atoms with E-state index in [1.54, 1.807) is 0 Å². The molecule has 1 rings (SSSR count). The van der Waals surface area contributed by atoms with Crippen LogP contribution in [-0.4, -0.2) is 7.05 Å². The van der Waals surface area contributed by atoms with Crippen molar-refractivity contribution in [2.75, 3.05) is 7.05 Å². The summed E-state index contributed by atoms with van der Waals surface area (Å²) in [6.45, 7) is 2.22. The zero-order chi connectivity index (χ0) is 15.0. The molecule has 0 spiro atoms. The predicted molar refractivity (Wildman–Crippen MR) is 88.9 cm³/mol. The highest BCUT2D eigenvalue weighted by atomic mass is 79.9. The van der Waals surface area contributed by atoms with Gasteiger partial charge in [-0.05, 0) is 35.5 Å². The van der Waals surface area contributed by atoms with Crippen molar-refractivity contribution in [3.63, 3.8) is 0 Å². The lowest BCUT2D eigenvalue weighted by Gasteiger charge is -2.18. The number of nitrogens with one attached hydrogen (secondary N) is 1. The summed E-state index contributed by atoms with van der Waals surface area (Å²) in [7, 11) is 1.87. The molecule has 0 aliphatic rings. The molecule has 1 N–H and O–H groups in total. The molecular formula is C16H24BrClFN. The number of hydrogen-bond donors (Lipinski definition) is 1. The van der Waals surface area contributed by atoms with Crippen molar-refractivity contribution in [2.24, 2.45) is 0 Å². The lowest BCUT2D eigenvalue weighted by molar-refractivity contribution is 0.476. The van der Waals surface area contributed by atoms with Crippen LogP contribution in [0.25, 0.3) is 0 Å². The van der Waals surface area contributed by atoms with Crippen molar-refractivity contribution in [1.29, 1.82) is 0 Å². The average Bonchev–Trinajstić information content (AvgIpc) is 2.45. The highest BCUT2D eigenvalue weighted by molar-refractivity contribution is 9.10. The van der Waals surface area contributed by atoms with Crippen LogP contribution in [0, 0.1) is 5.82 Å². The molecule has 0 heterocycles. The van der Waals surface area contributed by atoms with Crippen molar-refractivity contribution in [1.82, 2.24) is 5.32 Å². The molecule has 0 radical (unpaired) electrons. The van der Waals surface area contributed by atoms with Crippen LogP contribution in [0.2, 0.25) is 5.02 Å². The first-order chi connectivity index (χ1) is 9.61. The Hall–Kier alpha value is -0.120. The molecule has 4 heteroatoms. The molecule has 1 unspecified atom stereocenters. The fourth-order valence-electron chi connectivity index (χ4n) is 2.39. The Labute approximate surface area is 135 Å². The van der Waals surface area contributed by atoms with Gasteiger partial charge in [-0.2, -0.15) is 0 Å². The first kappa shape index (κ1) is 17.9. The van der Waals surface area contributed by atoms with Crippen LogP contribution in [0.1, 0.15) is 63.5 Å². The Morgan fingerprint density at radius 3 is 2.50 bits per heavy atom. The second kappa shape index (κ2) is 9.75. The number of rotatable bonds is 9. The van der Waals surface area contributed by atoms with Crippen LogP contribution in [0.3, 0.4) is 0 Å². The first-order valence-corrected chi connectivity index (χ1v) is 8.59. The molecule has 0 fully saturated rings. The standard InChI is InChI=1S/C16H24BrClFN/c1-3-4-5-6-7-8-9-14(20-2)12-10-11-13(17)15(18)16(12)19/h10-11,14,20H,3-9H2,1-2H3. The highest BCUT2D eigenvalue weighted by Gasteiger charge is 2.17. The van der Waals surface area contributed by atoms with E-state index in [4.69, 9.17) is 11.6 Å². The van der Waals surface area contributed by atoms with E-state index >= 15 is 0 Å². The van der Waals surface area contributed by atoms with Gasteiger partial charge in [0.05, 0.1) is 5.02 Å². The minimum Gasteiger partial charge on any atom is -0.313 e. The van der Waals surface area contributed by atoms with E-state index in [9.17, 15) is 4.39 Å². The van der Waals surface area contributed by atoms with Crippen molar-refractivity contribution in [3.05, 3.63) is 33.0 Å². The molecule has 114 valence electrons. The van der Waals surface area contributed by atoms with Gasteiger partial charge in [-0.25, -0.2) is 4.39 Å². The van der Waals surface area contributed by atoms with Gasteiger partial charge in [0.2, 0.25) is 0 Å². The summed E-state index contributed by atoms with van der Waals surface area (Å²) in [5.41, 5.74) is 0.661. The fourth-order valence-corrected chi connectivity index (χ4v) is 2.87. The first-order valence-electron chi connectivity index (χ1n) is 7.42. The predicted octanol–water partition coefficient (Wildman–Crippen LogP) is 6.25. The van der Waals surface area contributed by atoms with Gasteiger partial charge in [0, 0.05) is 16.1 Å². The summed E-state index contributed by atoms with van der Waals surface area (Å²) in [5, 5.41) is 3.37. The molecule has 1 atom stereocenters. The van der Waals surface area contributed by atoms with Gasteiger partial charge >= 0.3 is 0 Å². The van der Waals surface area contributed by atoms with Crippen LogP contribution < -0.4 is 5.32 Å². The Balaban J connectivity index is 2.52. The van der Waals surface area contributed by atoms with E-state index in [-0.39, 0.29) is 16.9 Å². The molecule has 0 bridgehead atoms. The fraction of sp³-hybridized carbons (Fsp3) is 0.625. The van der Waals surface area contributed by atoms with Gasteiger partial charge in [0.15, 0.2) is 0 Å². The Kier molecular flexibility index (Phi) is 8.74.